The molecule has 1 aromatic heterocycles. The Kier molecular flexibility index (Phi) is 10.2. The number of ether oxygens (including phenoxy) is 2. The zero-order valence-electron chi connectivity index (χ0n) is 17.1. The second-order valence-electron chi connectivity index (χ2n) is 7.07. The summed E-state index contributed by atoms with van der Waals surface area (Å²) in [6.07, 6.45) is 2.00. The molecule has 3 rings (SSSR count). The fourth-order valence-corrected chi connectivity index (χ4v) is 3.23. The predicted octanol–water partition coefficient (Wildman–Crippen LogP) is 4.00. The number of furan rings is 1. The third-order valence-corrected chi connectivity index (χ3v) is 4.86. The van der Waals surface area contributed by atoms with Crippen molar-refractivity contribution in [2.24, 2.45) is 10.9 Å². The van der Waals surface area contributed by atoms with E-state index in [0.29, 0.717) is 18.0 Å². The first-order valence-corrected chi connectivity index (χ1v) is 10.0. The maximum Gasteiger partial charge on any atom is 0.191 e. The molecule has 1 atom stereocenters. The Hall–Kier alpha value is -1.39. The standard InChI is InChI=1S/C21H30FN3O3.HI/c1-3-23-21(24-8-4-9-26-13-16-7-10-27-14-16)25-12-20-15(2)18-11-17(22)5-6-19(18)28-20;/h5-6,11,16H,3-4,7-10,12-14H2,1-2H3,(H2,23,24,25);1H. The normalized spacial score (nSPS) is 16.8. The van der Waals surface area contributed by atoms with Crippen molar-refractivity contribution >= 4 is 40.9 Å². The lowest BCUT2D eigenvalue weighted by molar-refractivity contribution is 0.0888. The van der Waals surface area contributed by atoms with Crippen LogP contribution in [0.4, 0.5) is 4.39 Å². The van der Waals surface area contributed by atoms with Crippen molar-refractivity contribution in [2.75, 3.05) is 39.5 Å². The van der Waals surface area contributed by atoms with Crippen molar-refractivity contribution in [1.82, 2.24) is 10.6 Å². The van der Waals surface area contributed by atoms with Crippen molar-refractivity contribution in [3.63, 3.8) is 0 Å². The van der Waals surface area contributed by atoms with Crippen LogP contribution in [0.15, 0.2) is 27.6 Å². The Morgan fingerprint density at radius 3 is 2.97 bits per heavy atom. The summed E-state index contributed by atoms with van der Waals surface area (Å²) in [4.78, 5) is 4.59. The molecule has 0 saturated carbocycles. The van der Waals surface area contributed by atoms with Gasteiger partial charge in [0, 0.05) is 43.2 Å². The van der Waals surface area contributed by atoms with Gasteiger partial charge in [-0.2, -0.15) is 0 Å². The molecule has 0 spiro atoms. The number of hydrogen-bond acceptors (Lipinski definition) is 4. The fourth-order valence-electron chi connectivity index (χ4n) is 3.23. The zero-order valence-corrected chi connectivity index (χ0v) is 19.5. The van der Waals surface area contributed by atoms with Crippen molar-refractivity contribution in [1.29, 1.82) is 0 Å². The number of benzene rings is 1. The molecule has 1 unspecified atom stereocenters. The number of nitrogens with one attached hydrogen (secondary N) is 2. The zero-order chi connectivity index (χ0) is 19.8. The third-order valence-electron chi connectivity index (χ3n) is 4.86. The van der Waals surface area contributed by atoms with E-state index < -0.39 is 0 Å². The number of rotatable bonds is 9. The van der Waals surface area contributed by atoms with E-state index in [1.54, 1.807) is 6.07 Å². The van der Waals surface area contributed by atoms with E-state index in [2.05, 4.69) is 15.6 Å². The topological polar surface area (TPSA) is 68.0 Å². The summed E-state index contributed by atoms with van der Waals surface area (Å²) in [5, 5.41) is 7.34. The van der Waals surface area contributed by atoms with E-state index in [1.807, 2.05) is 13.8 Å². The quantitative estimate of drug-likeness (QED) is 0.227. The molecule has 162 valence electrons. The molecule has 1 aliphatic rings. The van der Waals surface area contributed by atoms with Gasteiger partial charge in [0.25, 0.3) is 0 Å². The van der Waals surface area contributed by atoms with E-state index >= 15 is 0 Å². The highest BCUT2D eigenvalue weighted by Gasteiger charge is 2.15. The first kappa shape index (κ1) is 23.9. The van der Waals surface area contributed by atoms with Crippen molar-refractivity contribution in [2.45, 2.75) is 33.2 Å². The molecule has 2 N–H and O–H groups in total. The van der Waals surface area contributed by atoms with Crippen LogP contribution < -0.4 is 10.6 Å². The van der Waals surface area contributed by atoms with Crippen LogP contribution in [-0.4, -0.2) is 45.5 Å². The maximum absolute atomic E-state index is 13.5. The number of fused-ring (bicyclic) bond motifs is 1. The number of aryl methyl sites for hydroxylation is 1. The highest BCUT2D eigenvalue weighted by atomic mass is 127. The monoisotopic (exact) mass is 519 g/mol. The average Bonchev–Trinajstić information content (AvgIpc) is 3.31. The summed E-state index contributed by atoms with van der Waals surface area (Å²) in [5.74, 6) is 1.77. The van der Waals surface area contributed by atoms with Gasteiger partial charge in [-0.15, -0.1) is 24.0 Å². The molecule has 8 heteroatoms. The van der Waals surface area contributed by atoms with Gasteiger partial charge in [-0.25, -0.2) is 9.38 Å². The van der Waals surface area contributed by atoms with Crippen LogP contribution in [0.1, 0.15) is 31.1 Å². The highest BCUT2D eigenvalue weighted by molar-refractivity contribution is 14.0. The van der Waals surface area contributed by atoms with E-state index in [-0.39, 0.29) is 29.8 Å². The predicted molar refractivity (Wildman–Crippen MR) is 124 cm³/mol. The summed E-state index contributed by atoms with van der Waals surface area (Å²) in [5.41, 5.74) is 1.62. The molecule has 0 aliphatic carbocycles. The van der Waals surface area contributed by atoms with Gasteiger partial charge in [0.05, 0.1) is 13.2 Å². The maximum atomic E-state index is 13.5. The summed E-state index contributed by atoms with van der Waals surface area (Å²) >= 11 is 0. The molecular formula is C21H31FIN3O3. The number of halogens is 2. The van der Waals surface area contributed by atoms with Gasteiger partial charge in [-0.1, -0.05) is 0 Å². The van der Waals surface area contributed by atoms with Crippen LogP contribution in [0.3, 0.4) is 0 Å². The Balaban J connectivity index is 0.00000300. The summed E-state index contributed by atoms with van der Waals surface area (Å²) < 4.78 is 30.3. The van der Waals surface area contributed by atoms with E-state index in [0.717, 1.165) is 75.0 Å². The van der Waals surface area contributed by atoms with Crippen LogP contribution in [-0.2, 0) is 16.0 Å². The molecule has 1 fully saturated rings. The van der Waals surface area contributed by atoms with Gasteiger partial charge in [-0.3, -0.25) is 0 Å². The first-order valence-electron chi connectivity index (χ1n) is 10.0. The lowest BCUT2D eigenvalue weighted by atomic mass is 10.1. The summed E-state index contributed by atoms with van der Waals surface area (Å²) in [7, 11) is 0. The number of nitrogens with zero attached hydrogens (tertiary/aromatic N) is 1. The van der Waals surface area contributed by atoms with Crippen LogP contribution >= 0.6 is 24.0 Å². The molecule has 2 aromatic rings. The summed E-state index contributed by atoms with van der Waals surface area (Å²) in [6, 6.07) is 4.57. The Bertz CT molecular complexity index is 791. The van der Waals surface area contributed by atoms with Gasteiger partial charge >= 0.3 is 0 Å². The molecule has 1 aromatic carbocycles. The minimum absolute atomic E-state index is 0. The smallest absolute Gasteiger partial charge is 0.191 e. The highest BCUT2D eigenvalue weighted by Crippen LogP contribution is 2.26. The molecule has 0 radical (unpaired) electrons. The fraction of sp³-hybridized carbons (Fsp3) is 0.571. The van der Waals surface area contributed by atoms with Gasteiger partial charge in [0.15, 0.2) is 5.96 Å². The second kappa shape index (κ2) is 12.3. The largest absolute Gasteiger partial charge is 0.459 e. The summed E-state index contributed by atoms with van der Waals surface area (Å²) in [6.45, 7) is 9.09. The van der Waals surface area contributed by atoms with Crippen molar-refractivity contribution < 1.29 is 18.3 Å². The van der Waals surface area contributed by atoms with E-state index in [1.165, 1.54) is 12.1 Å². The minimum atomic E-state index is -0.260. The molecule has 0 bridgehead atoms. The molecule has 2 heterocycles. The number of hydrogen-bond donors (Lipinski definition) is 2. The van der Waals surface area contributed by atoms with Gasteiger partial charge in [-0.05, 0) is 44.9 Å². The van der Waals surface area contributed by atoms with Crippen LogP contribution in [0, 0.1) is 18.7 Å². The van der Waals surface area contributed by atoms with Gasteiger partial charge in [0.1, 0.15) is 23.7 Å². The third kappa shape index (κ3) is 7.11. The van der Waals surface area contributed by atoms with E-state index in [4.69, 9.17) is 13.9 Å². The Morgan fingerprint density at radius 2 is 2.21 bits per heavy atom. The molecule has 1 saturated heterocycles. The molecule has 0 amide bonds. The first-order chi connectivity index (χ1) is 13.7. The molecular weight excluding hydrogens is 488 g/mol. The van der Waals surface area contributed by atoms with Crippen LogP contribution in [0.5, 0.6) is 0 Å². The average molecular weight is 519 g/mol. The van der Waals surface area contributed by atoms with Crippen LogP contribution in [0.25, 0.3) is 11.0 Å². The van der Waals surface area contributed by atoms with Crippen LogP contribution in [0.2, 0.25) is 0 Å². The van der Waals surface area contributed by atoms with Crippen molar-refractivity contribution in [3.05, 3.63) is 35.3 Å². The lowest BCUT2D eigenvalue weighted by Gasteiger charge is -2.12. The second-order valence-corrected chi connectivity index (χ2v) is 7.07. The number of aliphatic imine (C=N–C) groups is 1. The minimum Gasteiger partial charge on any atom is -0.459 e. The van der Waals surface area contributed by atoms with Gasteiger partial charge in [0.2, 0.25) is 0 Å². The Labute approximate surface area is 188 Å². The van der Waals surface area contributed by atoms with Gasteiger partial charge < -0.3 is 24.5 Å². The molecule has 6 nitrogen and oxygen atoms in total. The van der Waals surface area contributed by atoms with E-state index in [9.17, 15) is 4.39 Å². The Morgan fingerprint density at radius 1 is 1.34 bits per heavy atom. The number of guanidine groups is 1. The van der Waals surface area contributed by atoms with Crippen molar-refractivity contribution in [3.8, 4) is 0 Å². The SMILES string of the molecule is CCNC(=NCc1oc2ccc(F)cc2c1C)NCCCOCC1CCOC1.I. The lowest BCUT2D eigenvalue weighted by Crippen LogP contribution is -2.38. The molecule has 29 heavy (non-hydrogen) atoms. The molecule has 1 aliphatic heterocycles.